The van der Waals surface area contributed by atoms with Crippen molar-refractivity contribution in [3.63, 3.8) is 0 Å². The number of carbonyl (C=O) groups excluding carboxylic acids is 1. The minimum absolute atomic E-state index is 0.244. The number of thiazole rings is 1. The largest absolute Gasteiger partial charge is 0.497 e. The first kappa shape index (κ1) is 22.6. The summed E-state index contributed by atoms with van der Waals surface area (Å²) in [5, 5.41) is 4.40. The number of nitrogens with zero attached hydrogens (tertiary/aromatic N) is 4. The third kappa shape index (κ3) is 3.69. The zero-order valence-electron chi connectivity index (χ0n) is 18.7. The van der Waals surface area contributed by atoms with E-state index in [0.717, 1.165) is 26.9 Å². The van der Waals surface area contributed by atoms with Gasteiger partial charge in [0.1, 0.15) is 16.1 Å². The number of rotatable bonds is 4. The standard InChI is InChI=1S/C26H16BrFN4O3S/c1-35-18-9-4-15(5-10-18)23-29-26-32(30-23)25(34)22(36-26)21-19-12-16(27)6-11-20(19)31(24(21)33)13-14-2-7-17(28)8-3-14/h2-12H,13H2,1H3. The Labute approximate surface area is 216 Å². The van der Waals surface area contributed by atoms with Gasteiger partial charge in [-0.3, -0.25) is 9.59 Å². The monoisotopic (exact) mass is 562 g/mol. The van der Waals surface area contributed by atoms with Crippen LogP contribution < -0.4 is 19.7 Å². The van der Waals surface area contributed by atoms with Gasteiger partial charge in [0.2, 0.25) is 4.96 Å². The Kier molecular flexibility index (Phi) is 5.42. The number of fused-ring (bicyclic) bond motifs is 2. The average molecular weight is 563 g/mol. The minimum atomic E-state index is -0.403. The van der Waals surface area contributed by atoms with Gasteiger partial charge in [0.05, 0.1) is 24.9 Å². The predicted octanol–water partition coefficient (Wildman–Crippen LogP) is 4.19. The minimum Gasteiger partial charge on any atom is -0.497 e. The third-order valence-electron chi connectivity index (χ3n) is 5.96. The number of hydrogen-bond donors (Lipinski definition) is 0. The fourth-order valence-electron chi connectivity index (χ4n) is 4.20. The summed E-state index contributed by atoms with van der Waals surface area (Å²) >= 11 is 4.60. The quantitative estimate of drug-likeness (QED) is 0.328. The molecule has 0 radical (unpaired) electrons. The van der Waals surface area contributed by atoms with Crippen molar-refractivity contribution in [2.45, 2.75) is 6.54 Å². The topological polar surface area (TPSA) is 76.8 Å². The number of halogens is 2. The molecule has 178 valence electrons. The molecular formula is C26H16BrFN4O3S. The molecule has 3 heterocycles. The van der Waals surface area contributed by atoms with E-state index in [9.17, 15) is 14.0 Å². The summed E-state index contributed by atoms with van der Waals surface area (Å²) in [7, 11) is 1.59. The molecule has 0 aliphatic carbocycles. The van der Waals surface area contributed by atoms with Crippen molar-refractivity contribution < 1.29 is 13.9 Å². The zero-order valence-corrected chi connectivity index (χ0v) is 21.1. The van der Waals surface area contributed by atoms with E-state index < -0.39 is 5.56 Å². The number of aromatic nitrogens is 3. The van der Waals surface area contributed by atoms with Gasteiger partial charge in [-0.2, -0.15) is 9.50 Å². The lowest BCUT2D eigenvalue weighted by atomic mass is 10.1. The molecule has 6 rings (SSSR count). The van der Waals surface area contributed by atoms with Crippen molar-refractivity contribution in [3.05, 3.63) is 103 Å². The van der Waals surface area contributed by atoms with Crippen molar-refractivity contribution in [1.82, 2.24) is 14.6 Å². The Balaban J connectivity index is 1.48. The van der Waals surface area contributed by atoms with E-state index >= 15 is 0 Å². The SMILES string of the molecule is COc1ccc(-c2nc3sc(=C4C(=O)N(Cc5ccc(F)cc5)c5ccc(Br)cc54)c(=O)n3n2)cc1. The van der Waals surface area contributed by atoms with Gasteiger partial charge < -0.3 is 9.64 Å². The van der Waals surface area contributed by atoms with Crippen LogP contribution in [0.3, 0.4) is 0 Å². The van der Waals surface area contributed by atoms with E-state index in [-0.39, 0.29) is 22.8 Å². The summed E-state index contributed by atoms with van der Waals surface area (Å²) in [5.41, 5.74) is 2.75. The third-order valence-corrected chi connectivity index (χ3v) is 7.49. The molecule has 0 N–H and O–H groups in total. The Morgan fingerprint density at radius 1 is 1.03 bits per heavy atom. The molecule has 2 aromatic heterocycles. The summed E-state index contributed by atoms with van der Waals surface area (Å²) in [6.45, 7) is 0.244. The molecule has 3 aromatic carbocycles. The highest BCUT2D eigenvalue weighted by Gasteiger charge is 2.34. The van der Waals surface area contributed by atoms with Crippen LogP contribution in [0.5, 0.6) is 5.75 Å². The van der Waals surface area contributed by atoms with E-state index in [1.54, 1.807) is 36.3 Å². The lowest BCUT2D eigenvalue weighted by Crippen LogP contribution is -2.32. The van der Waals surface area contributed by atoms with E-state index in [4.69, 9.17) is 4.74 Å². The summed E-state index contributed by atoms with van der Waals surface area (Å²) < 4.78 is 20.9. The van der Waals surface area contributed by atoms with E-state index in [1.807, 2.05) is 30.3 Å². The molecule has 10 heteroatoms. The van der Waals surface area contributed by atoms with Crippen molar-refractivity contribution in [3.8, 4) is 17.1 Å². The summed E-state index contributed by atoms with van der Waals surface area (Å²) in [4.78, 5) is 33.6. The van der Waals surface area contributed by atoms with Gasteiger partial charge in [-0.1, -0.05) is 39.4 Å². The van der Waals surface area contributed by atoms with Gasteiger partial charge in [-0.25, -0.2) is 4.39 Å². The summed E-state index contributed by atoms with van der Waals surface area (Å²) in [5.74, 6) is 0.473. The number of benzene rings is 3. The van der Waals surface area contributed by atoms with Crippen molar-refractivity contribution >= 4 is 49.4 Å². The van der Waals surface area contributed by atoms with Crippen LogP contribution in [-0.2, 0) is 11.3 Å². The molecule has 7 nitrogen and oxygen atoms in total. The predicted molar refractivity (Wildman–Crippen MR) is 139 cm³/mol. The Morgan fingerprint density at radius 3 is 2.47 bits per heavy atom. The number of methoxy groups -OCH3 is 1. The highest BCUT2D eigenvalue weighted by atomic mass is 79.9. The normalized spacial score (nSPS) is 14.5. The van der Waals surface area contributed by atoms with Crippen LogP contribution in [-0.4, -0.2) is 27.6 Å². The average Bonchev–Trinajstić information content (AvgIpc) is 3.51. The number of anilines is 1. The van der Waals surface area contributed by atoms with Crippen molar-refractivity contribution in [2.75, 3.05) is 12.0 Å². The highest BCUT2D eigenvalue weighted by molar-refractivity contribution is 9.10. The highest BCUT2D eigenvalue weighted by Crippen LogP contribution is 2.38. The van der Waals surface area contributed by atoms with Gasteiger partial charge in [0.25, 0.3) is 11.5 Å². The molecule has 0 fully saturated rings. The van der Waals surface area contributed by atoms with Crippen LogP contribution in [0.15, 0.2) is 76.0 Å². The number of ether oxygens (including phenoxy) is 1. The number of amides is 1. The van der Waals surface area contributed by atoms with E-state index in [1.165, 1.54) is 16.6 Å². The summed E-state index contributed by atoms with van der Waals surface area (Å²) in [6, 6.07) is 18.7. The van der Waals surface area contributed by atoms with E-state index in [0.29, 0.717) is 33.4 Å². The van der Waals surface area contributed by atoms with Gasteiger partial charge in [0, 0.05) is 15.6 Å². The molecule has 1 aliphatic heterocycles. The fourth-order valence-corrected chi connectivity index (χ4v) is 5.56. The second-order valence-electron chi connectivity index (χ2n) is 8.15. The molecule has 36 heavy (non-hydrogen) atoms. The summed E-state index contributed by atoms with van der Waals surface area (Å²) in [6.07, 6.45) is 0. The smallest absolute Gasteiger partial charge is 0.291 e. The van der Waals surface area contributed by atoms with Crippen molar-refractivity contribution in [2.24, 2.45) is 0 Å². The van der Waals surface area contributed by atoms with Crippen LogP contribution in [0.1, 0.15) is 11.1 Å². The zero-order chi connectivity index (χ0) is 25.0. The molecular weight excluding hydrogens is 547 g/mol. The molecule has 1 aliphatic rings. The fraction of sp³-hybridized carbons (Fsp3) is 0.0769. The Morgan fingerprint density at radius 2 is 1.78 bits per heavy atom. The molecule has 1 amide bonds. The maximum Gasteiger partial charge on any atom is 0.291 e. The first-order valence-electron chi connectivity index (χ1n) is 10.9. The van der Waals surface area contributed by atoms with Gasteiger partial charge in [-0.15, -0.1) is 5.10 Å². The number of carbonyl (C=O) groups is 1. The van der Waals surface area contributed by atoms with Crippen molar-refractivity contribution in [1.29, 1.82) is 0 Å². The molecule has 0 saturated carbocycles. The lowest BCUT2D eigenvalue weighted by Gasteiger charge is -2.17. The maximum absolute atomic E-state index is 13.7. The van der Waals surface area contributed by atoms with Crippen LogP contribution in [0, 0.1) is 5.82 Å². The second kappa shape index (κ2) is 8.65. The van der Waals surface area contributed by atoms with Crippen LogP contribution in [0.4, 0.5) is 10.1 Å². The molecule has 0 spiro atoms. The first-order valence-corrected chi connectivity index (χ1v) is 12.5. The molecule has 0 atom stereocenters. The maximum atomic E-state index is 13.7. The van der Waals surface area contributed by atoms with Gasteiger partial charge in [0.15, 0.2) is 5.82 Å². The van der Waals surface area contributed by atoms with Crippen LogP contribution in [0.2, 0.25) is 0 Å². The second-order valence-corrected chi connectivity index (χ2v) is 10.0. The molecule has 0 bridgehead atoms. The van der Waals surface area contributed by atoms with Gasteiger partial charge in [-0.05, 0) is 60.2 Å². The molecule has 0 saturated heterocycles. The van der Waals surface area contributed by atoms with Crippen LogP contribution >= 0.6 is 27.3 Å². The Hall–Kier alpha value is -3.89. The lowest BCUT2D eigenvalue weighted by molar-refractivity contribution is -0.113. The number of hydrogen-bond acceptors (Lipinski definition) is 6. The molecule has 5 aromatic rings. The first-order chi connectivity index (χ1) is 17.4. The Bertz CT molecular complexity index is 1760. The molecule has 0 unspecified atom stereocenters. The van der Waals surface area contributed by atoms with Gasteiger partial charge >= 0.3 is 0 Å². The van der Waals surface area contributed by atoms with Crippen LogP contribution in [0.25, 0.3) is 21.9 Å². The van der Waals surface area contributed by atoms with E-state index in [2.05, 4.69) is 26.0 Å².